The summed E-state index contributed by atoms with van der Waals surface area (Å²) in [6, 6.07) is 0. The van der Waals surface area contributed by atoms with Crippen molar-refractivity contribution in [3.05, 3.63) is 0 Å². The average molecular weight is 156 g/mol. The Kier molecular flexibility index (Phi) is 6.69. The van der Waals surface area contributed by atoms with E-state index in [4.69, 9.17) is 10.2 Å². The van der Waals surface area contributed by atoms with E-state index in [1.807, 2.05) is 0 Å². The van der Waals surface area contributed by atoms with Gasteiger partial charge in [0.05, 0.1) is 12.0 Å². The van der Waals surface area contributed by atoms with Crippen molar-refractivity contribution in [1.29, 1.82) is 0 Å². The Morgan fingerprint density at radius 2 is 2.10 bits per heavy atom. The molecule has 2 N–H and O–H groups in total. The molecule has 10 heavy (non-hydrogen) atoms. The molecule has 0 aromatic heterocycles. The average Bonchev–Trinajstić information content (AvgIpc) is 1.63. The maximum atomic E-state index is 10.0. The Bertz CT molecular complexity index is 116. The molecule has 3 nitrogen and oxygen atoms in total. The number of aliphatic hydroxyl groups is 1. The number of carboxylic acids is 1. The number of hydrogen-bond acceptors (Lipinski definition) is 2. The van der Waals surface area contributed by atoms with Crippen molar-refractivity contribution < 1.29 is 46.0 Å². The summed E-state index contributed by atoms with van der Waals surface area (Å²) in [6.07, 6.45) is 0.294. The predicted octanol–water partition coefficient (Wildman–Crippen LogP) is -2.26. The van der Waals surface area contributed by atoms with Crippen LogP contribution >= 0.6 is 0 Å². The van der Waals surface area contributed by atoms with Crippen molar-refractivity contribution in [3.8, 4) is 0 Å². The van der Waals surface area contributed by atoms with Gasteiger partial charge in [0.15, 0.2) is 0 Å². The van der Waals surface area contributed by atoms with Crippen LogP contribution in [0.1, 0.15) is 28.1 Å². The molecule has 4 heteroatoms. The van der Waals surface area contributed by atoms with E-state index in [1.54, 1.807) is 6.92 Å². The van der Waals surface area contributed by atoms with Gasteiger partial charge in [-0.2, -0.15) is 0 Å². The predicted molar refractivity (Wildman–Crippen MR) is 34.3 cm³/mol. The van der Waals surface area contributed by atoms with Crippen molar-refractivity contribution in [1.82, 2.24) is 0 Å². The fourth-order valence-electron chi connectivity index (χ4n) is 0.451. The minimum atomic E-state index is -1.04. The van der Waals surface area contributed by atoms with E-state index in [2.05, 4.69) is 0 Å². The van der Waals surface area contributed by atoms with Gasteiger partial charge >= 0.3 is 35.5 Å². The summed E-state index contributed by atoms with van der Waals surface area (Å²) in [5, 5.41) is 17.3. The van der Waals surface area contributed by atoms with Crippen LogP contribution in [0.25, 0.3) is 0 Å². The molecule has 0 fully saturated rings. The molecule has 0 aromatic carbocycles. The van der Waals surface area contributed by atoms with Gasteiger partial charge in [0.25, 0.3) is 0 Å². The largest absolute Gasteiger partial charge is 1.00 e. The van der Waals surface area contributed by atoms with E-state index in [0.717, 1.165) is 0 Å². The number of aliphatic carboxylic acids is 1. The minimum absolute atomic E-state index is 0. The molecule has 0 rings (SSSR count). The zero-order chi connectivity index (χ0) is 7.49. The number of carbonyl (C=O) groups is 1. The number of carboxylic acid groups (broad SMARTS) is 1. The molecule has 56 valence electrons. The Labute approximate surface area is 84.2 Å². The summed E-state index contributed by atoms with van der Waals surface area (Å²) in [4.78, 5) is 10.0. The second-order valence-electron chi connectivity index (χ2n) is 2.42. The van der Waals surface area contributed by atoms with E-state index in [1.165, 1.54) is 6.92 Å². The first-order chi connectivity index (χ1) is 3.98. The Morgan fingerprint density at radius 1 is 1.70 bits per heavy atom. The zero-order valence-corrected chi connectivity index (χ0v) is 8.72. The molecule has 0 aliphatic heterocycles. The molecule has 0 aliphatic carbocycles. The van der Waals surface area contributed by atoms with Crippen LogP contribution in [0.2, 0.25) is 0 Å². The standard InChI is InChI=1S/C6H12O3.Na.H/c1-3-6(2,9)4-5(7)8;;/h9H,3-4H2,1-2H3,(H,7,8);;/q;+1;-1. The first-order valence-corrected chi connectivity index (χ1v) is 2.92. The molecule has 0 aromatic rings. The smallest absolute Gasteiger partial charge is 1.00 e. The van der Waals surface area contributed by atoms with E-state index in [-0.39, 0.29) is 37.4 Å². The third-order valence-corrected chi connectivity index (χ3v) is 1.29. The van der Waals surface area contributed by atoms with Gasteiger partial charge in [-0.3, -0.25) is 4.79 Å². The third-order valence-electron chi connectivity index (χ3n) is 1.29. The summed E-state index contributed by atoms with van der Waals surface area (Å²) < 4.78 is 0. The van der Waals surface area contributed by atoms with Crippen molar-refractivity contribution in [3.63, 3.8) is 0 Å². The normalized spacial score (nSPS) is 15.1. The quantitative estimate of drug-likeness (QED) is 0.453. The van der Waals surface area contributed by atoms with E-state index in [9.17, 15) is 4.79 Å². The monoisotopic (exact) mass is 156 g/mol. The van der Waals surface area contributed by atoms with Gasteiger partial charge in [0, 0.05) is 0 Å². The molecule has 0 saturated heterocycles. The van der Waals surface area contributed by atoms with Crippen LogP contribution < -0.4 is 29.6 Å². The SMILES string of the molecule is CCC(C)(O)CC(=O)O.[H-].[Na+]. The summed E-state index contributed by atoms with van der Waals surface area (Å²) in [6.45, 7) is 3.27. The summed E-state index contributed by atoms with van der Waals surface area (Å²) >= 11 is 0. The zero-order valence-electron chi connectivity index (χ0n) is 7.72. The van der Waals surface area contributed by atoms with E-state index >= 15 is 0 Å². The third kappa shape index (κ3) is 6.55. The molecule has 1 unspecified atom stereocenters. The van der Waals surface area contributed by atoms with Crippen molar-refractivity contribution in [2.24, 2.45) is 0 Å². The van der Waals surface area contributed by atoms with Crippen LogP contribution in [0, 0.1) is 0 Å². The molecule has 0 bridgehead atoms. The van der Waals surface area contributed by atoms with Crippen LogP contribution in [0.4, 0.5) is 0 Å². The molecular formula is C6H13NaO3. The van der Waals surface area contributed by atoms with Crippen LogP contribution in [0.15, 0.2) is 0 Å². The Balaban J connectivity index is -0.000000320. The number of rotatable bonds is 3. The molecule has 0 spiro atoms. The van der Waals surface area contributed by atoms with Crippen LogP contribution in [-0.2, 0) is 4.79 Å². The molecule has 1 atom stereocenters. The van der Waals surface area contributed by atoms with Gasteiger partial charge in [-0.25, -0.2) is 0 Å². The van der Waals surface area contributed by atoms with Crippen LogP contribution in [0.3, 0.4) is 0 Å². The Morgan fingerprint density at radius 3 is 2.20 bits per heavy atom. The maximum absolute atomic E-state index is 10.0. The summed E-state index contributed by atoms with van der Waals surface area (Å²) in [7, 11) is 0. The minimum Gasteiger partial charge on any atom is -1.00 e. The van der Waals surface area contributed by atoms with Gasteiger partial charge < -0.3 is 11.6 Å². The molecule has 0 radical (unpaired) electrons. The van der Waals surface area contributed by atoms with Crippen molar-refractivity contribution in [2.75, 3.05) is 0 Å². The second-order valence-corrected chi connectivity index (χ2v) is 2.42. The van der Waals surface area contributed by atoms with Crippen LogP contribution in [-0.4, -0.2) is 21.8 Å². The molecular weight excluding hydrogens is 143 g/mol. The van der Waals surface area contributed by atoms with Gasteiger partial charge in [-0.05, 0) is 13.3 Å². The Hall–Kier alpha value is 0.430. The van der Waals surface area contributed by atoms with Gasteiger partial charge in [-0.15, -0.1) is 0 Å². The van der Waals surface area contributed by atoms with E-state index < -0.39 is 11.6 Å². The van der Waals surface area contributed by atoms with Crippen molar-refractivity contribution >= 4 is 5.97 Å². The molecule has 0 heterocycles. The first-order valence-electron chi connectivity index (χ1n) is 2.92. The fourth-order valence-corrected chi connectivity index (χ4v) is 0.451. The van der Waals surface area contributed by atoms with Crippen LogP contribution in [0.5, 0.6) is 0 Å². The van der Waals surface area contributed by atoms with E-state index in [0.29, 0.717) is 6.42 Å². The number of hydrogen-bond donors (Lipinski definition) is 2. The van der Waals surface area contributed by atoms with Gasteiger partial charge in [0.1, 0.15) is 0 Å². The molecule has 0 saturated carbocycles. The first kappa shape index (κ1) is 13.1. The summed E-state index contributed by atoms with van der Waals surface area (Å²) in [5.74, 6) is -0.957. The molecule has 0 amide bonds. The fraction of sp³-hybridized carbons (Fsp3) is 0.833. The maximum Gasteiger partial charge on any atom is 1.00 e. The summed E-state index contributed by atoms with van der Waals surface area (Å²) in [5.41, 5.74) is -1.04. The van der Waals surface area contributed by atoms with Crippen molar-refractivity contribution in [2.45, 2.75) is 32.3 Å². The second kappa shape index (κ2) is 5.13. The van der Waals surface area contributed by atoms with Gasteiger partial charge in [-0.1, -0.05) is 6.92 Å². The van der Waals surface area contributed by atoms with Gasteiger partial charge in [0.2, 0.25) is 0 Å². The topological polar surface area (TPSA) is 57.5 Å². The molecule has 0 aliphatic rings.